The van der Waals surface area contributed by atoms with Crippen LogP contribution in [0, 0.1) is 12.3 Å². The minimum Gasteiger partial charge on any atom is -0.387 e. The minimum absolute atomic E-state index is 1.08. The fraction of sp³-hybridized carbons (Fsp3) is 0.714. The van der Waals surface area contributed by atoms with Crippen LogP contribution >= 0.6 is 0 Å². The van der Waals surface area contributed by atoms with Gasteiger partial charge in [0.2, 0.25) is 0 Å². The summed E-state index contributed by atoms with van der Waals surface area (Å²) in [6, 6.07) is 0. The van der Waals surface area contributed by atoms with Crippen LogP contribution < -0.4 is 0 Å². The second kappa shape index (κ2) is 3.39. The van der Waals surface area contributed by atoms with Gasteiger partial charge in [-0.2, -0.15) is 0 Å². The van der Waals surface area contributed by atoms with Gasteiger partial charge < -0.3 is 25.2 Å². The fourth-order valence-electron chi connectivity index (χ4n) is 0.999. The van der Waals surface area contributed by atoms with Crippen molar-refractivity contribution >= 4 is 0 Å². The van der Waals surface area contributed by atoms with Crippen LogP contribution in [-0.4, -0.2) is 51.1 Å². The summed E-state index contributed by atoms with van der Waals surface area (Å²) in [4.78, 5) is 0. The minimum atomic E-state index is -1.55. The zero-order chi connectivity index (χ0) is 9.30. The molecule has 1 fully saturated rings. The second-order valence-corrected chi connectivity index (χ2v) is 2.59. The average Bonchev–Trinajstić information content (AvgIpc) is 2.08. The van der Waals surface area contributed by atoms with Crippen molar-refractivity contribution in [1.82, 2.24) is 0 Å². The lowest BCUT2D eigenvalue weighted by Gasteiger charge is -2.35. The van der Waals surface area contributed by atoms with Crippen molar-refractivity contribution in [2.45, 2.75) is 30.7 Å². The molecule has 0 aliphatic carbocycles. The molecule has 68 valence electrons. The van der Waals surface area contributed by atoms with Gasteiger partial charge >= 0.3 is 0 Å². The number of aliphatic hydroxyl groups excluding tert-OH is 4. The van der Waals surface area contributed by atoms with Crippen molar-refractivity contribution in [2.75, 3.05) is 0 Å². The summed E-state index contributed by atoms with van der Waals surface area (Å²) >= 11 is 0. The lowest BCUT2D eigenvalue weighted by atomic mass is 10.00. The van der Waals surface area contributed by atoms with E-state index in [1.165, 1.54) is 0 Å². The summed E-state index contributed by atoms with van der Waals surface area (Å²) in [5.41, 5.74) is 0. The van der Waals surface area contributed by atoms with Gasteiger partial charge in [0.05, 0.1) is 0 Å². The molecule has 1 rings (SSSR count). The number of ether oxygens (including phenoxy) is 1. The monoisotopic (exact) mass is 174 g/mol. The highest BCUT2D eigenvalue weighted by atomic mass is 16.6. The summed E-state index contributed by atoms with van der Waals surface area (Å²) in [6.45, 7) is 0. The van der Waals surface area contributed by atoms with Gasteiger partial charge in [-0.05, 0) is 0 Å². The van der Waals surface area contributed by atoms with Crippen molar-refractivity contribution in [1.29, 1.82) is 0 Å². The van der Waals surface area contributed by atoms with Gasteiger partial charge in [-0.25, -0.2) is 0 Å². The van der Waals surface area contributed by atoms with E-state index in [0.717, 1.165) is 0 Å². The van der Waals surface area contributed by atoms with Crippen LogP contribution in [0.4, 0.5) is 0 Å². The van der Waals surface area contributed by atoms with Crippen molar-refractivity contribution in [3.63, 3.8) is 0 Å². The van der Waals surface area contributed by atoms with Crippen LogP contribution in [0.3, 0.4) is 0 Å². The highest BCUT2D eigenvalue weighted by molar-refractivity contribution is 5.04. The van der Waals surface area contributed by atoms with Gasteiger partial charge in [0.15, 0.2) is 6.29 Å². The maximum atomic E-state index is 9.14. The summed E-state index contributed by atoms with van der Waals surface area (Å²) in [6.07, 6.45) is -2.08. The first-order valence-corrected chi connectivity index (χ1v) is 3.41. The van der Waals surface area contributed by atoms with E-state index in [-0.39, 0.29) is 0 Å². The molecule has 0 aromatic rings. The molecule has 0 aromatic heterocycles. The number of aliphatic hydroxyl groups is 4. The number of hydrogen-bond donors (Lipinski definition) is 4. The highest BCUT2D eigenvalue weighted by Crippen LogP contribution is 2.18. The van der Waals surface area contributed by atoms with Gasteiger partial charge in [0.1, 0.15) is 24.4 Å². The molecule has 1 saturated heterocycles. The largest absolute Gasteiger partial charge is 0.387 e. The van der Waals surface area contributed by atoms with Crippen LogP contribution in [0.1, 0.15) is 0 Å². The molecule has 0 radical (unpaired) electrons. The Morgan fingerprint density at radius 3 is 2.08 bits per heavy atom. The van der Waals surface area contributed by atoms with Crippen molar-refractivity contribution < 1.29 is 25.2 Å². The fourth-order valence-corrected chi connectivity index (χ4v) is 0.999. The highest BCUT2D eigenvalue weighted by Gasteiger charge is 2.42. The molecule has 5 nitrogen and oxygen atoms in total. The van der Waals surface area contributed by atoms with Gasteiger partial charge in [0.25, 0.3) is 0 Å². The maximum absolute atomic E-state index is 9.14. The third-order valence-corrected chi connectivity index (χ3v) is 1.75. The van der Waals surface area contributed by atoms with Crippen LogP contribution in [0.15, 0.2) is 0 Å². The topological polar surface area (TPSA) is 90.2 Å². The quantitative estimate of drug-likeness (QED) is 0.303. The molecule has 0 aromatic carbocycles. The van der Waals surface area contributed by atoms with Crippen molar-refractivity contribution in [2.24, 2.45) is 0 Å². The van der Waals surface area contributed by atoms with Gasteiger partial charge in [-0.15, -0.1) is 6.42 Å². The summed E-state index contributed by atoms with van der Waals surface area (Å²) in [7, 11) is 0. The summed E-state index contributed by atoms with van der Waals surface area (Å²) in [5, 5.41) is 36.1. The first-order valence-electron chi connectivity index (χ1n) is 3.41. The third-order valence-electron chi connectivity index (χ3n) is 1.75. The molecule has 12 heavy (non-hydrogen) atoms. The van der Waals surface area contributed by atoms with Crippen molar-refractivity contribution in [3.8, 4) is 12.3 Å². The first-order chi connectivity index (χ1) is 5.57. The Morgan fingerprint density at radius 1 is 1.00 bits per heavy atom. The SMILES string of the molecule is C#CC1OC(O)C(O)[C@@H](O)[C@@H]1O. The van der Waals surface area contributed by atoms with E-state index < -0.39 is 30.7 Å². The number of rotatable bonds is 0. The normalized spacial score (nSPS) is 48.4. The Morgan fingerprint density at radius 2 is 1.58 bits per heavy atom. The average molecular weight is 174 g/mol. The molecule has 1 aliphatic rings. The maximum Gasteiger partial charge on any atom is 0.185 e. The van der Waals surface area contributed by atoms with E-state index in [0.29, 0.717) is 0 Å². The van der Waals surface area contributed by atoms with E-state index in [1.54, 1.807) is 0 Å². The van der Waals surface area contributed by atoms with E-state index in [4.69, 9.17) is 26.8 Å². The lowest BCUT2D eigenvalue weighted by Crippen LogP contribution is -2.56. The Labute approximate surface area is 69.2 Å². The molecule has 1 aliphatic heterocycles. The standard InChI is InChI=1S/C7H10O5/c1-2-3-4(8)5(9)6(10)7(11)12-3/h1,3-11H/t3?,4-,5+,6?,7?/m1/s1. The molecule has 0 spiro atoms. The molecule has 5 atom stereocenters. The number of terminal acetylenes is 1. The first kappa shape index (κ1) is 9.45. The Hall–Kier alpha value is -0.640. The second-order valence-electron chi connectivity index (χ2n) is 2.59. The van der Waals surface area contributed by atoms with Crippen molar-refractivity contribution in [3.05, 3.63) is 0 Å². The van der Waals surface area contributed by atoms with Crippen LogP contribution in [0.5, 0.6) is 0 Å². The van der Waals surface area contributed by atoms with Gasteiger partial charge in [-0.1, -0.05) is 5.92 Å². The molecule has 0 bridgehead atoms. The Balaban J connectivity index is 2.72. The zero-order valence-electron chi connectivity index (χ0n) is 6.16. The Kier molecular flexibility index (Phi) is 2.67. The van der Waals surface area contributed by atoms with Crippen LogP contribution in [0.25, 0.3) is 0 Å². The van der Waals surface area contributed by atoms with E-state index in [1.807, 2.05) is 5.92 Å². The summed E-state index contributed by atoms with van der Waals surface area (Å²) < 4.78 is 4.59. The zero-order valence-corrected chi connectivity index (χ0v) is 6.16. The van der Waals surface area contributed by atoms with E-state index in [2.05, 4.69) is 4.74 Å². The molecular formula is C7H10O5. The molecule has 4 N–H and O–H groups in total. The molecule has 5 heteroatoms. The predicted octanol–water partition coefficient (Wildman–Crippen LogP) is -2.58. The lowest BCUT2D eigenvalue weighted by molar-refractivity contribution is -0.269. The molecule has 1 heterocycles. The molecule has 0 saturated carbocycles. The smallest absolute Gasteiger partial charge is 0.185 e. The third kappa shape index (κ3) is 1.43. The van der Waals surface area contributed by atoms with E-state index in [9.17, 15) is 0 Å². The van der Waals surface area contributed by atoms with Crippen LogP contribution in [0.2, 0.25) is 0 Å². The summed E-state index contributed by atoms with van der Waals surface area (Å²) in [5.74, 6) is 2.03. The predicted molar refractivity (Wildman–Crippen MR) is 37.7 cm³/mol. The number of hydrogen-bond acceptors (Lipinski definition) is 5. The molecule has 3 unspecified atom stereocenters. The van der Waals surface area contributed by atoms with Gasteiger partial charge in [-0.3, -0.25) is 0 Å². The molecule has 0 amide bonds. The van der Waals surface area contributed by atoms with Gasteiger partial charge in [0, 0.05) is 0 Å². The van der Waals surface area contributed by atoms with E-state index >= 15 is 0 Å². The van der Waals surface area contributed by atoms with Crippen LogP contribution in [-0.2, 0) is 4.74 Å². The molecular weight excluding hydrogens is 164 g/mol. The Bertz CT molecular complexity index is 198.